The zero-order valence-corrected chi connectivity index (χ0v) is 6.10. The average molecular weight is 130 g/mol. The lowest BCUT2D eigenvalue weighted by molar-refractivity contribution is 1.32. The zero-order valence-electron chi connectivity index (χ0n) is 6.10. The van der Waals surface area contributed by atoms with E-state index in [9.17, 15) is 0 Å². The molecule has 1 rings (SSSR count). The third-order valence-electron chi connectivity index (χ3n) is 1.51. The summed E-state index contributed by atoms with van der Waals surface area (Å²) < 4.78 is 0. The molecule has 0 aromatic heterocycles. The summed E-state index contributed by atoms with van der Waals surface area (Å²) in [7, 11) is 0. The van der Waals surface area contributed by atoms with E-state index in [-0.39, 0.29) is 0 Å². The summed E-state index contributed by atoms with van der Waals surface area (Å²) in [5.74, 6) is 0. The first-order valence-electron chi connectivity index (χ1n) is 3.13. The van der Waals surface area contributed by atoms with Crippen molar-refractivity contribution in [3.05, 3.63) is 34.9 Å². The van der Waals surface area contributed by atoms with E-state index >= 15 is 0 Å². The van der Waals surface area contributed by atoms with E-state index < -0.39 is 0 Å². The molecule has 0 heterocycles. The van der Waals surface area contributed by atoms with Gasteiger partial charge in [0, 0.05) is 0 Å². The van der Waals surface area contributed by atoms with Gasteiger partial charge in [0.2, 0.25) is 0 Å². The van der Waals surface area contributed by atoms with E-state index in [0.29, 0.717) is 0 Å². The summed E-state index contributed by atoms with van der Waals surface area (Å²) in [5, 5.41) is 8.63. The van der Waals surface area contributed by atoms with Gasteiger partial charge in [0.15, 0.2) is 0 Å². The number of nitrogens with zero attached hydrogens (tertiary/aromatic N) is 1. The highest BCUT2D eigenvalue weighted by Crippen LogP contribution is 2.09. The van der Waals surface area contributed by atoms with Crippen LogP contribution in [0.25, 0.3) is 0 Å². The normalized spacial score (nSPS) is 8.90. The van der Waals surface area contributed by atoms with Gasteiger partial charge in [-0.3, -0.25) is 0 Å². The molecular formula is C9H8N. The summed E-state index contributed by atoms with van der Waals surface area (Å²) in [4.78, 5) is 0. The molecule has 0 bridgehead atoms. The molecule has 49 valence electrons. The monoisotopic (exact) mass is 130 g/mol. The fourth-order valence-electron chi connectivity index (χ4n) is 0.915. The van der Waals surface area contributed by atoms with E-state index in [0.717, 1.165) is 16.7 Å². The Morgan fingerprint density at radius 2 is 2.20 bits per heavy atom. The lowest BCUT2D eigenvalue weighted by Crippen LogP contribution is -1.85. The summed E-state index contributed by atoms with van der Waals surface area (Å²) in [6.07, 6.45) is 0. The van der Waals surface area contributed by atoms with Gasteiger partial charge in [-0.25, -0.2) is 0 Å². The molecule has 0 saturated heterocycles. The molecule has 1 aromatic rings. The van der Waals surface area contributed by atoms with Crippen molar-refractivity contribution in [1.82, 2.24) is 0 Å². The molecule has 0 aliphatic rings. The van der Waals surface area contributed by atoms with Crippen molar-refractivity contribution in [3.63, 3.8) is 0 Å². The fourth-order valence-corrected chi connectivity index (χ4v) is 0.915. The Morgan fingerprint density at radius 3 is 2.60 bits per heavy atom. The molecule has 1 radical (unpaired) electrons. The van der Waals surface area contributed by atoms with Crippen LogP contribution in [0.2, 0.25) is 0 Å². The predicted octanol–water partition coefficient (Wildman–Crippen LogP) is 1.98. The van der Waals surface area contributed by atoms with Crippen molar-refractivity contribution in [2.75, 3.05) is 0 Å². The summed E-state index contributed by atoms with van der Waals surface area (Å²) >= 11 is 0. The molecule has 0 fully saturated rings. The highest BCUT2D eigenvalue weighted by molar-refractivity contribution is 5.42. The van der Waals surface area contributed by atoms with Gasteiger partial charge in [0.1, 0.15) is 0 Å². The van der Waals surface area contributed by atoms with Gasteiger partial charge in [-0.1, -0.05) is 12.1 Å². The molecule has 0 spiro atoms. The van der Waals surface area contributed by atoms with Crippen molar-refractivity contribution >= 4 is 0 Å². The second-order valence-corrected chi connectivity index (χ2v) is 2.27. The quantitative estimate of drug-likeness (QED) is 0.526. The third kappa shape index (κ3) is 1.01. The lowest BCUT2D eigenvalue weighted by Gasteiger charge is -1.97. The van der Waals surface area contributed by atoms with Crippen LogP contribution in [-0.4, -0.2) is 0 Å². The second kappa shape index (κ2) is 2.53. The first-order valence-corrected chi connectivity index (χ1v) is 3.13. The van der Waals surface area contributed by atoms with Crippen LogP contribution in [0.1, 0.15) is 16.7 Å². The highest BCUT2D eigenvalue weighted by Gasteiger charge is 1.97. The second-order valence-electron chi connectivity index (χ2n) is 2.27. The fraction of sp³-hybridized carbons (Fsp3) is 0.222. The molecule has 0 aliphatic carbocycles. The van der Waals surface area contributed by atoms with Gasteiger partial charge < -0.3 is 0 Å². The Bertz CT molecular complexity index is 261. The smallest absolute Gasteiger partial charge is 0.0997 e. The number of rotatable bonds is 0. The topological polar surface area (TPSA) is 23.8 Å². The van der Waals surface area contributed by atoms with Crippen LogP contribution in [0.15, 0.2) is 12.1 Å². The van der Waals surface area contributed by atoms with E-state index in [1.54, 1.807) is 0 Å². The molecule has 0 N–H and O–H groups in total. The molecule has 1 aromatic carbocycles. The average Bonchev–Trinajstić information content (AvgIpc) is 1.88. The van der Waals surface area contributed by atoms with Crippen LogP contribution in [-0.2, 0) is 0 Å². The van der Waals surface area contributed by atoms with Gasteiger partial charge in [-0.15, -0.1) is 0 Å². The van der Waals surface area contributed by atoms with Gasteiger partial charge in [-0.05, 0) is 31.0 Å². The Balaban J connectivity index is 3.34. The zero-order chi connectivity index (χ0) is 7.56. The summed E-state index contributed by atoms with van der Waals surface area (Å²) in [5.41, 5.74) is 2.71. The van der Waals surface area contributed by atoms with Gasteiger partial charge in [0.25, 0.3) is 0 Å². The lowest BCUT2D eigenvalue weighted by atomic mass is 10.1. The van der Waals surface area contributed by atoms with Crippen LogP contribution in [0.3, 0.4) is 0 Å². The summed E-state index contributed by atoms with van der Waals surface area (Å²) in [6.45, 7) is 3.82. The molecule has 0 aliphatic heterocycles. The number of hydrogen-bond donors (Lipinski definition) is 0. The Kier molecular flexibility index (Phi) is 1.73. The van der Waals surface area contributed by atoms with Crippen molar-refractivity contribution < 1.29 is 0 Å². The SMILES string of the molecule is Cc1[c]ccc(C)c1C#N. The summed E-state index contributed by atoms with van der Waals surface area (Å²) in [6, 6.07) is 8.83. The minimum Gasteiger partial charge on any atom is -0.192 e. The number of benzene rings is 1. The highest BCUT2D eigenvalue weighted by atomic mass is 14.2. The van der Waals surface area contributed by atoms with E-state index in [1.807, 2.05) is 26.0 Å². The van der Waals surface area contributed by atoms with E-state index in [2.05, 4.69) is 12.1 Å². The number of hydrogen-bond acceptors (Lipinski definition) is 1. The van der Waals surface area contributed by atoms with Crippen molar-refractivity contribution in [2.45, 2.75) is 13.8 Å². The van der Waals surface area contributed by atoms with E-state index in [1.165, 1.54) is 0 Å². The third-order valence-corrected chi connectivity index (χ3v) is 1.51. The predicted molar refractivity (Wildman–Crippen MR) is 39.5 cm³/mol. The standard InChI is InChI=1S/C9H8N/c1-7-4-3-5-8(2)9(7)6-10/h3-4H,1-2H3. The van der Waals surface area contributed by atoms with E-state index in [4.69, 9.17) is 5.26 Å². The van der Waals surface area contributed by atoms with Crippen molar-refractivity contribution in [1.29, 1.82) is 5.26 Å². The number of aryl methyl sites for hydroxylation is 2. The first-order chi connectivity index (χ1) is 4.75. The van der Waals surface area contributed by atoms with Crippen LogP contribution >= 0.6 is 0 Å². The van der Waals surface area contributed by atoms with Crippen molar-refractivity contribution in [2.24, 2.45) is 0 Å². The van der Waals surface area contributed by atoms with Crippen LogP contribution < -0.4 is 0 Å². The first kappa shape index (κ1) is 6.82. The van der Waals surface area contributed by atoms with Gasteiger partial charge in [-0.2, -0.15) is 5.26 Å². The molecule has 10 heavy (non-hydrogen) atoms. The molecule has 0 unspecified atom stereocenters. The maximum atomic E-state index is 8.63. The number of nitriles is 1. The molecular weight excluding hydrogens is 122 g/mol. The maximum Gasteiger partial charge on any atom is 0.0997 e. The minimum absolute atomic E-state index is 0.752. The molecule has 1 nitrogen and oxygen atoms in total. The molecule has 0 atom stereocenters. The van der Waals surface area contributed by atoms with Gasteiger partial charge >= 0.3 is 0 Å². The largest absolute Gasteiger partial charge is 0.192 e. The Morgan fingerprint density at radius 1 is 1.50 bits per heavy atom. The molecule has 0 saturated carbocycles. The van der Waals surface area contributed by atoms with Crippen LogP contribution in [0.5, 0.6) is 0 Å². The maximum absolute atomic E-state index is 8.63. The Hall–Kier alpha value is -1.29. The minimum atomic E-state index is 0.752. The Labute approximate surface area is 60.9 Å². The van der Waals surface area contributed by atoms with Crippen LogP contribution in [0.4, 0.5) is 0 Å². The molecule has 0 amide bonds. The van der Waals surface area contributed by atoms with Crippen molar-refractivity contribution in [3.8, 4) is 6.07 Å². The van der Waals surface area contributed by atoms with Crippen LogP contribution in [0, 0.1) is 31.2 Å². The van der Waals surface area contributed by atoms with Gasteiger partial charge in [0.05, 0.1) is 11.6 Å². The molecule has 1 heteroatoms.